The summed E-state index contributed by atoms with van der Waals surface area (Å²) in [6.45, 7) is 4.16. The molecule has 0 saturated heterocycles. The Balaban J connectivity index is 1.66. The van der Waals surface area contributed by atoms with E-state index in [-0.39, 0.29) is 29.7 Å². The third-order valence-corrected chi connectivity index (χ3v) is 7.24. The molecule has 1 aromatic heterocycles. The average Bonchev–Trinajstić information content (AvgIpc) is 3.12. The molecule has 1 aliphatic rings. The molecule has 3 rings (SSSR count). The van der Waals surface area contributed by atoms with Gasteiger partial charge in [-0.05, 0) is 43.4 Å². The number of thioether (sulfide) groups is 1. The molecule has 7 nitrogen and oxygen atoms in total. The first-order valence-electron chi connectivity index (χ1n) is 11.3. The lowest BCUT2D eigenvalue weighted by Crippen LogP contribution is -2.37. The van der Waals surface area contributed by atoms with Gasteiger partial charge in [-0.1, -0.05) is 68.1 Å². The van der Waals surface area contributed by atoms with Gasteiger partial charge < -0.3 is 15.2 Å². The second-order valence-corrected chi connectivity index (χ2v) is 10.7. The maximum Gasteiger partial charge on any atom is 0.253 e. The fourth-order valence-corrected chi connectivity index (χ4v) is 5.24. The first-order valence-corrected chi connectivity index (χ1v) is 13.1. The highest BCUT2D eigenvalue weighted by atomic mass is 35.5. The van der Waals surface area contributed by atoms with Crippen molar-refractivity contribution in [3.8, 4) is 0 Å². The van der Waals surface area contributed by atoms with Crippen molar-refractivity contribution in [1.82, 2.24) is 25.4 Å². The van der Waals surface area contributed by atoms with Crippen LogP contribution in [0.25, 0.3) is 0 Å². The molecule has 0 bridgehead atoms. The molecule has 10 heteroatoms. The zero-order valence-electron chi connectivity index (χ0n) is 19.2. The highest BCUT2D eigenvalue weighted by Gasteiger charge is 2.25. The summed E-state index contributed by atoms with van der Waals surface area (Å²) < 4.78 is 1.84. The molecule has 2 amide bonds. The minimum atomic E-state index is -0.354. The standard InChI is InChI=1S/C23H31Cl2N5O2S/c1-14(2)11-19(27-22(32)17-10-9-15(24)12-18(17)25)21-28-29-23(30(21)3)33-13-20(31)26-16-7-5-4-6-8-16/h9-10,12,14,16,19H,4-8,11,13H2,1-3H3,(H,26,31)(H,27,32)/t19-/m1/s1. The number of nitrogens with one attached hydrogen (secondary N) is 2. The van der Waals surface area contributed by atoms with Crippen LogP contribution in [0.4, 0.5) is 0 Å². The van der Waals surface area contributed by atoms with E-state index >= 15 is 0 Å². The maximum atomic E-state index is 12.9. The van der Waals surface area contributed by atoms with Crippen LogP contribution in [0.5, 0.6) is 0 Å². The van der Waals surface area contributed by atoms with Gasteiger partial charge in [0.05, 0.1) is 22.4 Å². The van der Waals surface area contributed by atoms with Crippen LogP contribution < -0.4 is 10.6 Å². The molecule has 1 fully saturated rings. The third-order valence-electron chi connectivity index (χ3n) is 5.67. The predicted molar refractivity (Wildman–Crippen MR) is 133 cm³/mol. The average molecular weight is 513 g/mol. The SMILES string of the molecule is CC(C)C[C@@H](NC(=O)c1ccc(Cl)cc1Cl)c1nnc(SCC(=O)NC2CCCCC2)n1C. The van der Waals surface area contributed by atoms with E-state index in [4.69, 9.17) is 23.2 Å². The van der Waals surface area contributed by atoms with Crippen molar-refractivity contribution >= 4 is 46.8 Å². The highest BCUT2D eigenvalue weighted by Crippen LogP contribution is 2.26. The Morgan fingerprint density at radius 1 is 1.18 bits per heavy atom. The lowest BCUT2D eigenvalue weighted by molar-refractivity contribution is -0.119. The molecule has 180 valence electrons. The lowest BCUT2D eigenvalue weighted by Gasteiger charge is -2.22. The van der Waals surface area contributed by atoms with Gasteiger partial charge in [-0.2, -0.15) is 0 Å². The molecule has 0 radical (unpaired) electrons. The van der Waals surface area contributed by atoms with Crippen molar-refractivity contribution in [3.05, 3.63) is 39.6 Å². The minimum absolute atomic E-state index is 0.0147. The number of amides is 2. The molecule has 0 spiro atoms. The number of aromatic nitrogens is 3. The molecule has 0 unspecified atom stereocenters. The summed E-state index contributed by atoms with van der Waals surface area (Å²) in [5.41, 5.74) is 0.353. The molecule has 0 aliphatic heterocycles. The zero-order chi connectivity index (χ0) is 24.0. The summed E-state index contributed by atoms with van der Waals surface area (Å²) in [5.74, 6) is 0.944. The van der Waals surface area contributed by atoms with E-state index < -0.39 is 0 Å². The predicted octanol–water partition coefficient (Wildman–Crippen LogP) is 5.18. The van der Waals surface area contributed by atoms with E-state index in [0.29, 0.717) is 38.9 Å². The number of benzene rings is 1. The van der Waals surface area contributed by atoms with E-state index in [1.54, 1.807) is 18.2 Å². The third kappa shape index (κ3) is 7.36. The largest absolute Gasteiger partial charge is 0.353 e. The van der Waals surface area contributed by atoms with Crippen LogP contribution in [0.15, 0.2) is 23.4 Å². The van der Waals surface area contributed by atoms with E-state index in [1.165, 1.54) is 31.0 Å². The number of hydrogen-bond acceptors (Lipinski definition) is 5. The maximum absolute atomic E-state index is 12.9. The van der Waals surface area contributed by atoms with Gasteiger partial charge in [0.15, 0.2) is 11.0 Å². The Hall–Kier alpha value is -1.77. The molecular formula is C23H31Cl2N5O2S. The molecule has 1 saturated carbocycles. The molecule has 1 aliphatic carbocycles. The molecular weight excluding hydrogens is 481 g/mol. The van der Waals surface area contributed by atoms with Crippen LogP contribution in [0.3, 0.4) is 0 Å². The Kier molecular flexibility index (Phi) is 9.47. The van der Waals surface area contributed by atoms with Gasteiger partial charge in [-0.25, -0.2) is 0 Å². The molecule has 33 heavy (non-hydrogen) atoms. The van der Waals surface area contributed by atoms with Gasteiger partial charge in [0.1, 0.15) is 0 Å². The van der Waals surface area contributed by atoms with Crippen LogP contribution in [-0.4, -0.2) is 38.4 Å². The minimum Gasteiger partial charge on any atom is -0.353 e. The van der Waals surface area contributed by atoms with Gasteiger partial charge in [0, 0.05) is 18.1 Å². The van der Waals surface area contributed by atoms with Crippen LogP contribution in [0, 0.1) is 5.92 Å². The van der Waals surface area contributed by atoms with Gasteiger partial charge in [-0.15, -0.1) is 10.2 Å². The van der Waals surface area contributed by atoms with Crippen LogP contribution in [-0.2, 0) is 11.8 Å². The summed E-state index contributed by atoms with van der Waals surface area (Å²) in [6.07, 6.45) is 6.39. The van der Waals surface area contributed by atoms with Gasteiger partial charge >= 0.3 is 0 Å². The fourth-order valence-electron chi connectivity index (χ4n) is 4.01. The number of carbonyl (C=O) groups is 2. The number of rotatable bonds is 9. The monoisotopic (exact) mass is 511 g/mol. The van der Waals surface area contributed by atoms with Crippen LogP contribution >= 0.6 is 35.0 Å². The number of nitrogens with zero attached hydrogens (tertiary/aromatic N) is 3. The van der Waals surface area contributed by atoms with E-state index in [0.717, 1.165) is 12.8 Å². The number of hydrogen-bond donors (Lipinski definition) is 2. The quantitative estimate of drug-likeness (QED) is 0.452. The van der Waals surface area contributed by atoms with Crippen molar-refractivity contribution in [1.29, 1.82) is 0 Å². The van der Waals surface area contributed by atoms with Crippen LogP contribution in [0.2, 0.25) is 10.0 Å². The Morgan fingerprint density at radius 2 is 1.91 bits per heavy atom. The van der Waals surface area contributed by atoms with Crippen molar-refractivity contribution < 1.29 is 9.59 Å². The molecule has 1 aromatic carbocycles. The smallest absolute Gasteiger partial charge is 0.253 e. The van der Waals surface area contributed by atoms with Crippen LogP contribution in [0.1, 0.15) is 74.6 Å². The van der Waals surface area contributed by atoms with Crippen molar-refractivity contribution in [3.63, 3.8) is 0 Å². The number of halogens is 2. The van der Waals surface area contributed by atoms with E-state index in [2.05, 4.69) is 34.7 Å². The highest BCUT2D eigenvalue weighted by molar-refractivity contribution is 7.99. The van der Waals surface area contributed by atoms with Gasteiger partial charge in [0.2, 0.25) is 5.91 Å². The Morgan fingerprint density at radius 3 is 2.58 bits per heavy atom. The lowest BCUT2D eigenvalue weighted by atomic mass is 9.95. The normalized spacial score (nSPS) is 15.5. The summed E-state index contributed by atoms with van der Waals surface area (Å²) in [4.78, 5) is 25.3. The summed E-state index contributed by atoms with van der Waals surface area (Å²) >= 11 is 13.5. The van der Waals surface area contributed by atoms with Gasteiger partial charge in [0.25, 0.3) is 5.91 Å². The first kappa shape index (κ1) is 25.8. The van der Waals surface area contributed by atoms with Crippen molar-refractivity contribution in [2.45, 2.75) is 69.6 Å². The second kappa shape index (κ2) is 12.1. The fraction of sp³-hybridized carbons (Fsp3) is 0.565. The second-order valence-electron chi connectivity index (χ2n) is 8.87. The van der Waals surface area contributed by atoms with Gasteiger partial charge in [-0.3, -0.25) is 9.59 Å². The summed E-state index contributed by atoms with van der Waals surface area (Å²) in [7, 11) is 1.85. The van der Waals surface area contributed by atoms with E-state index in [9.17, 15) is 9.59 Å². The summed E-state index contributed by atoms with van der Waals surface area (Å²) in [5, 5.41) is 16.2. The topological polar surface area (TPSA) is 88.9 Å². The molecule has 2 aromatic rings. The van der Waals surface area contributed by atoms with E-state index in [1.807, 2.05) is 11.6 Å². The first-order chi connectivity index (χ1) is 15.7. The molecule has 2 N–H and O–H groups in total. The van der Waals surface area contributed by atoms with Crippen molar-refractivity contribution in [2.24, 2.45) is 13.0 Å². The Labute approximate surface area is 209 Å². The zero-order valence-corrected chi connectivity index (χ0v) is 21.6. The molecule has 1 heterocycles. The molecule has 1 atom stereocenters. The summed E-state index contributed by atoms with van der Waals surface area (Å²) in [6, 6.07) is 4.72. The van der Waals surface area contributed by atoms with Crippen molar-refractivity contribution in [2.75, 3.05) is 5.75 Å². The Bertz CT molecular complexity index is 976. The number of carbonyl (C=O) groups excluding carboxylic acids is 2.